The maximum absolute atomic E-state index is 10.1. The zero-order chi connectivity index (χ0) is 5.70. The van der Waals surface area contributed by atoms with Gasteiger partial charge >= 0.3 is 0 Å². The number of carbonyl (C=O) groups excluding carboxylic acids is 1. The third-order valence-electron chi connectivity index (χ3n) is 0.460. The summed E-state index contributed by atoms with van der Waals surface area (Å²) in [6.07, 6.45) is 2.96. The number of hydrazine groups is 1. The molecule has 0 radical (unpaired) electrons. The predicted molar refractivity (Wildman–Crippen MR) is 27.1 cm³/mol. The minimum atomic E-state index is -0.275. The van der Waals surface area contributed by atoms with Crippen molar-refractivity contribution in [3.8, 4) is 0 Å². The van der Waals surface area contributed by atoms with E-state index in [4.69, 9.17) is 5.84 Å². The maximum Gasteiger partial charge on any atom is 0.257 e. The molecule has 0 unspecified atom stereocenters. The number of rotatable bonds is 1. The van der Waals surface area contributed by atoms with E-state index in [1.165, 1.54) is 6.08 Å². The Morgan fingerprint density at radius 3 is 2.57 bits per heavy atom. The molecular weight excluding hydrogens is 92.1 g/mol. The molecule has 0 heterocycles. The zero-order valence-electron chi connectivity index (χ0n) is 4.14. The van der Waals surface area contributed by atoms with E-state index in [1.54, 1.807) is 13.0 Å². The Kier molecular flexibility index (Phi) is 2.96. The van der Waals surface area contributed by atoms with Gasteiger partial charge in [0, 0.05) is 0 Å². The summed E-state index contributed by atoms with van der Waals surface area (Å²) in [6, 6.07) is 0. The molecule has 0 aliphatic rings. The van der Waals surface area contributed by atoms with Gasteiger partial charge in [-0.3, -0.25) is 10.2 Å². The first kappa shape index (κ1) is 6.17. The molecule has 0 aromatic heterocycles. The molecule has 0 aliphatic carbocycles. The van der Waals surface area contributed by atoms with E-state index in [0.717, 1.165) is 0 Å². The molecule has 0 aromatic carbocycles. The number of nitrogens with one attached hydrogen (secondary N) is 1. The minimum Gasteiger partial charge on any atom is -0.291 e. The van der Waals surface area contributed by atoms with E-state index in [0.29, 0.717) is 0 Å². The molecule has 0 rings (SSSR count). The summed E-state index contributed by atoms with van der Waals surface area (Å²) in [6.45, 7) is 1.75. The van der Waals surface area contributed by atoms with Crippen LogP contribution in [0.1, 0.15) is 6.92 Å². The molecule has 0 saturated carbocycles. The fraction of sp³-hybridized carbons (Fsp3) is 0.250. The van der Waals surface area contributed by atoms with Crippen LogP contribution in [0.3, 0.4) is 0 Å². The van der Waals surface area contributed by atoms with E-state index >= 15 is 0 Å². The lowest BCUT2D eigenvalue weighted by molar-refractivity contribution is -0.116. The van der Waals surface area contributed by atoms with Gasteiger partial charge in [0.05, 0.1) is 0 Å². The summed E-state index contributed by atoms with van der Waals surface area (Å²) in [7, 11) is 0. The highest BCUT2D eigenvalue weighted by molar-refractivity contribution is 5.86. The smallest absolute Gasteiger partial charge is 0.257 e. The largest absolute Gasteiger partial charge is 0.291 e. The Balaban J connectivity index is 3.37. The lowest BCUT2D eigenvalue weighted by atomic mass is 10.5. The fourth-order valence-electron chi connectivity index (χ4n) is 0.199. The Morgan fingerprint density at radius 1 is 1.86 bits per heavy atom. The molecular formula is C4H8N2O. The Bertz CT molecular complexity index is 87.7. The van der Waals surface area contributed by atoms with Gasteiger partial charge in [-0.05, 0) is 13.0 Å². The van der Waals surface area contributed by atoms with Gasteiger partial charge in [-0.2, -0.15) is 0 Å². The SMILES string of the molecule is C/C=C/C(=O)NN. The van der Waals surface area contributed by atoms with Crippen molar-refractivity contribution in [3.05, 3.63) is 12.2 Å². The highest BCUT2D eigenvalue weighted by atomic mass is 16.2. The first-order valence-electron chi connectivity index (χ1n) is 1.94. The first-order chi connectivity index (χ1) is 3.31. The van der Waals surface area contributed by atoms with Gasteiger partial charge in [-0.15, -0.1) is 0 Å². The molecule has 7 heavy (non-hydrogen) atoms. The maximum atomic E-state index is 10.1. The van der Waals surface area contributed by atoms with Crippen molar-refractivity contribution in [3.63, 3.8) is 0 Å². The average Bonchev–Trinajstić information content (AvgIpc) is 1.68. The summed E-state index contributed by atoms with van der Waals surface area (Å²) in [5.41, 5.74) is 1.94. The van der Waals surface area contributed by atoms with Gasteiger partial charge in [0.15, 0.2) is 0 Å². The van der Waals surface area contributed by atoms with Crippen molar-refractivity contribution < 1.29 is 4.79 Å². The molecule has 0 saturated heterocycles. The minimum absolute atomic E-state index is 0.275. The van der Waals surface area contributed by atoms with Crippen molar-refractivity contribution in [1.29, 1.82) is 0 Å². The van der Waals surface area contributed by atoms with Crippen molar-refractivity contribution in [2.45, 2.75) is 6.92 Å². The summed E-state index contributed by atoms with van der Waals surface area (Å²) in [5.74, 6) is 4.43. The average molecular weight is 100 g/mol. The molecule has 3 nitrogen and oxygen atoms in total. The van der Waals surface area contributed by atoms with Gasteiger partial charge < -0.3 is 0 Å². The Morgan fingerprint density at radius 2 is 2.43 bits per heavy atom. The molecule has 0 spiro atoms. The van der Waals surface area contributed by atoms with Crippen LogP contribution in [0.2, 0.25) is 0 Å². The number of hydrogen-bond acceptors (Lipinski definition) is 2. The topological polar surface area (TPSA) is 55.1 Å². The van der Waals surface area contributed by atoms with Crippen LogP contribution in [-0.2, 0) is 4.79 Å². The second kappa shape index (κ2) is 3.36. The van der Waals surface area contributed by atoms with Crippen LogP contribution < -0.4 is 11.3 Å². The van der Waals surface area contributed by atoms with E-state index in [-0.39, 0.29) is 5.91 Å². The van der Waals surface area contributed by atoms with E-state index in [9.17, 15) is 4.79 Å². The number of amides is 1. The second-order valence-electron chi connectivity index (χ2n) is 1.01. The number of carbonyl (C=O) groups is 1. The van der Waals surface area contributed by atoms with Crippen molar-refractivity contribution in [1.82, 2.24) is 5.43 Å². The van der Waals surface area contributed by atoms with Gasteiger partial charge in [0.25, 0.3) is 5.91 Å². The van der Waals surface area contributed by atoms with Crippen molar-refractivity contribution in [2.24, 2.45) is 5.84 Å². The van der Waals surface area contributed by atoms with Gasteiger partial charge in [0.1, 0.15) is 0 Å². The molecule has 0 aromatic rings. The summed E-state index contributed by atoms with van der Waals surface area (Å²) in [4.78, 5) is 10.1. The van der Waals surface area contributed by atoms with E-state index < -0.39 is 0 Å². The monoisotopic (exact) mass is 100 g/mol. The first-order valence-corrected chi connectivity index (χ1v) is 1.94. The van der Waals surface area contributed by atoms with Gasteiger partial charge in [-0.1, -0.05) is 6.08 Å². The van der Waals surface area contributed by atoms with Crippen LogP contribution in [0.5, 0.6) is 0 Å². The van der Waals surface area contributed by atoms with E-state index in [1.807, 2.05) is 5.43 Å². The molecule has 3 N–H and O–H groups in total. The molecule has 0 fully saturated rings. The molecule has 0 atom stereocenters. The Hall–Kier alpha value is -0.830. The van der Waals surface area contributed by atoms with Crippen LogP contribution in [0, 0.1) is 0 Å². The third-order valence-corrected chi connectivity index (χ3v) is 0.460. The summed E-state index contributed by atoms with van der Waals surface area (Å²) in [5, 5.41) is 0. The highest BCUT2D eigenvalue weighted by Crippen LogP contribution is 1.65. The van der Waals surface area contributed by atoms with Crippen LogP contribution >= 0.6 is 0 Å². The van der Waals surface area contributed by atoms with Crippen LogP contribution in [0.25, 0.3) is 0 Å². The molecule has 0 bridgehead atoms. The highest BCUT2D eigenvalue weighted by Gasteiger charge is 1.81. The molecule has 40 valence electrons. The van der Waals surface area contributed by atoms with Crippen molar-refractivity contribution in [2.75, 3.05) is 0 Å². The molecule has 3 heteroatoms. The fourth-order valence-corrected chi connectivity index (χ4v) is 0.199. The predicted octanol–water partition coefficient (Wildman–Crippen LogP) is -0.448. The quantitative estimate of drug-likeness (QED) is 0.203. The number of allylic oxidation sites excluding steroid dienone is 1. The molecule has 0 aliphatic heterocycles. The van der Waals surface area contributed by atoms with Crippen LogP contribution in [-0.4, -0.2) is 5.91 Å². The molecule has 1 amide bonds. The lowest BCUT2D eigenvalue weighted by Gasteiger charge is -1.84. The normalized spacial score (nSPS) is 9.43. The number of hydrogen-bond donors (Lipinski definition) is 2. The number of nitrogens with two attached hydrogens (primary N) is 1. The van der Waals surface area contributed by atoms with Crippen molar-refractivity contribution >= 4 is 5.91 Å². The lowest BCUT2D eigenvalue weighted by Crippen LogP contribution is -2.27. The van der Waals surface area contributed by atoms with Gasteiger partial charge in [0.2, 0.25) is 0 Å². The summed E-state index contributed by atoms with van der Waals surface area (Å²) >= 11 is 0. The summed E-state index contributed by atoms with van der Waals surface area (Å²) < 4.78 is 0. The van der Waals surface area contributed by atoms with Gasteiger partial charge in [-0.25, -0.2) is 5.84 Å². The zero-order valence-corrected chi connectivity index (χ0v) is 4.14. The van der Waals surface area contributed by atoms with E-state index in [2.05, 4.69) is 0 Å². The van der Waals surface area contributed by atoms with Crippen LogP contribution in [0.15, 0.2) is 12.2 Å². The third kappa shape index (κ3) is 2.99. The van der Waals surface area contributed by atoms with Crippen LogP contribution in [0.4, 0.5) is 0 Å². The Labute approximate surface area is 42.2 Å². The second-order valence-corrected chi connectivity index (χ2v) is 1.01. The standard InChI is InChI=1S/C4H8N2O/c1-2-3-4(7)6-5/h2-3H,5H2,1H3,(H,6,7)/b3-2+.